The van der Waals surface area contributed by atoms with E-state index in [4.69, 9.17) is 5.73 Å². The maximum absolute atomic E-state index is 11.9. The molecule has 2 amide bonds. The maximum Gasteiger partial charge on any atom is 0.248 e. The topological polar surface area (TPSA) is 81.2 Å². The number of carbonyl (C=O) groups excluding carboxylic acids is 2. The van der Waals surface area contributed by atoms with Gasteiger partial charge in [-0.1, -0.05) is 0 Å². The Kier molecular flexibility index (Phi) is 3.75. The first kappa shape index (κ1) is 15.2. The van der Waals surface area contributed by atoms with Crippen molar-refractivity contribution in [1.29, 1.82) is 0 Å². The molecule has 1 aliphatic heterocycles. The minimum absolute atomic E-state index is 0.322. The standard InChI is InChI=1S/C18H22N4O2/c19-18(24)12-3-8-16-13(10-12)11-22(20-16)15-6-4-14(5-7-15)21-9-1-2-17(21)23/h3,8,10-11,14-15H,1-2,4-7,9H2,(H2,19,24). The maximum atomic E-state index is 11.9. The van der Waals surface area contributed by atoms with Crippen molar-refractivity contribution >= 4 is 22.7 Å². The number of hydrogen-bond acceptors (Lipinski definition) is 3. The van der Waals surface area contributed by atoms with Crippen molar-refractivity contribution in [2.24, 2.45) is 5.73 Å². The van der Waals surface area contributed by atoms with Gasteiger partial charge >= 0.3 is 0 Å². The lowest BCUT2D eigenvalue weighted by Gasteiger charge is -2.34. The number of hydrogen-bond donors (Lipinski definition) is 1. The lowest BCUT2D eigenvalue weighted by Crippen LogP contribution is -2.39. The van der Waals surface area contributed by atoms with E-state index in [9.17, 15) is 9.59 Å². The molecule has 1 saturated heterocycles. The van der Waals surface area contributed by atoms with Crippen LogP contribution >= 0.6 is 0 Å². The summed E-state index contributed by atoms with van der Waals surface area (Å²) in [5.74, 6) is -0.0947. The summed E-state index contributed by atoms with van der Waals surface area (Å²) in [4.78, 5) is 25.3. The number of primary amides is 1. The van der Waals surface area contributed by atoms with Gasteiger partial charge in [-0.3, -0.25) is 14.3 Å². The second-order valence-electron chi connectivity index (χ2n) is 6.90. The van der Waals surface area contributed by atoms with Crippen LogP contribution in [0.2, 0.25) is 0 Å². The molecular formula is C18H22N4O2. The summed E-state index contributed by atoms with van der Waals surface area (Å²) in [6.45, 7) is 0.926. The first-order valence-corrected chi connectivity index (χ1v) is 8.70. The minimum Gasteiger partial charge on any atom is -0.366 e. The molecule has 6 nitrogen and oxygen atoms in total. The predicted octanol–water partition coefficient (Wildman–Crippen LogP) is 2.24. The van der Waals surface area contributed by atoms with Crippen LogP contribution in [0.4, 0.5) is 0 Å². The number of benzene rings is 1. The van der Waals surface area contributed by atoms with E-state index >= 15 is 0 Å². The van der Waals surface area contributed by atoms with Crippen LogP contribution in [0, 0.1) is 0 Å². The Morgan fingerprint density at radius 2 is 1.92 bits per heavy atom. The van der Waals surface area contributed by atoms with E-state index in [0.29, 0.717) is 30.0 Å². The van der Waals surface area contributed by atoms with Gasteiger partial charge in [-0.15, -0.1) is 0 Å². The third-order valence-corrected chi connectivity index (χ3v) is 5.40. The number of fused-ring (bicyclic) bond motifs is 1. The van der Waals surface area contributed by atoms with Crippen LogP contribution < -0.4 is 5.73 Å². The van der Waals surface area contributed by atoms with Crippen molar-refractivity contribution in [1.82, 2.24) is 14.7 Å². The highest BCUT2D eigenvalue weighted by molar-refractivity contribution is 5.96. The monoisotopic (exact) mass is 326 g/mol. The number of aromatic nitrogens is 2. The predicted molar refractivity (Wildman–Crippen MR) is 90.5 cm³/mol. The zero-order chi connectivity index (χ0) is 16.7. The highest BCUT2D eigenvalue weighted by Gasteiger charge is 2.32. The van der Waals surface area contributed by atoms with Crippen LogP contribution in [0.1, 0.15) is 54.9 Å². The Hall–Kier alpha value is -2.37. The van der Waals surface area contributed by atoms with Crippen LogP contribution in [0.3, 0.4) is 0 Å². The number of likely N-dealkylation sites (tertiary alicyclic amines) is 1. The quantitative estimate of drug-likeness (QED) is 0.939. The average Bonchev–Trinajstić information content (AvgIpc) is 3.20. The Labute approximate surface area is 140 Å². The molecule has 2 heterocycles. The molecule has 1 aromatic heterocycles. The van der Waals surface area contributed by atoms with Gasteiger partial charge in [-0.05, 0) is 50.3 Å². The van der Waals surface area contributed by atoms with Gasteiger partial charge in [0, 0.05) is 36.2 Å². The molecule has 0 radical (unpaired) electrons. The summed E-state index contributed by atoms with van der Waals surface area (Å²) in [6.07, 6.45) is 7.88. The minimum atomic E-state index is -0.416. The Bertz CT molecular complexity index is 789. The van der Waals surface area contributed by atoms with Gasteiger partial charge in [0.2, 0.25) is 11.8 Å². The van der Waals surface area contributed by atoms with E-state index in [2.05, 4.69) is 10.00 Å². The molecule has 1 aliphatic carbocycles. The first-order valence-electron chi connectivity index (χ1n) is 8.70. The molecule has 1 saturated carbocycles. The van der Waals surface area contributed by atoms with E-state index in [1.54, 1.807) is 12.1 Å². The second-order valence-corrected chi connectivity index (χ2v) is 6.90. The van der Waals surface area contributed by atoms with Crippen LogP contribution in [-0.2, 0) is 4.79 Å². The third kappa shape index (κ3) is 2.66. The summed E-state index contributed by atoms with van der Waals surface area (Å²) in [6, 6.07) is 6.14. The molecule has 2 aromatic rings. The molecule has 126 valence electrons. The van der Waals surface area contributed by atoms with Crippen molar-refractivity contribution < 1.29 is 9.59 Å². The van der Waals surface area contributed by atoms with Gasteiger partial charge in [0.05, 0.1) is 11.6 Å². The first-order chi connectivity index (χ1) is 11.6. The van der Waals surface area contributed by atoms with E-state index in [1.165, 1.54) is 0 Å². The fraction of sp³-hybridized carbons (Fsp3) is 0.500. The van der Waals surface area contributed by atoms with Crippen LogP contribution in [-0.4, -0.2) is 39.1 Å². The molecule has 4 rings (SSSR count). The second kappa shape index (κ2) is 5.92. The van der Waals surface area contributed by atoms with Crippen molar-refractivity contribution in [2.75, 3.05) is 6.54 Å². The van der Waals surface area contributed by atoms with Crippen LogP contribution in [0.15, 0.2) is 24.4 Å². The summed E-state index contributed by atoms with van der Waals surface area (Å²) < 4.78 is 2.03. The van der Waals surface area contributed by atoms with E-state index in [-0.39, 0.29) is 0 Å². The number of carbonyl (C=O) groups is 2. The molecule has 6 heteroatoms. The summed E-state index contributed by atoms with van der Waals surface area (Å²) in [7, 11) is 0. The number of nitrogens with zero attached hydrogens (tertiary/aromatic N) is 3. The molecule has 2 aliphatic rings. The lowest BCUT2D eigenvalue weighted by atomic mass is 9.90. The number of amides is 2. The normalized spacial score (nSPS) is 24.7. The van der Waals surface area contributed by atoms with E-state index < -0.39 is 5.91 Å². The van der Waals surface area contributed by atoms with Gasteiger partial charge in [0.15, 0.2) is 0 Å². The summed E-state index contributed by atoms with van der Waals surface area (Å²) >= 11 is 0. The van der Waals surface area contributed by atoms with Crippen LogP contribution in [0.25, 0.3) is 10.9 Å². The Balaban J connectivity index is 1.48. The molecule has 0 spiro atoms. The zero-order valence-electron chi connectivity index (χ0n) is 13.6. The van der Waals surface area contributed by atoms with Gasteiger partial charge < -0.3 is 10.6 Å². The molecule has 0 atom stereocenters. The van der Waals surface area contributed by atoms with Crippen molar-refractivity contribution in [3.8, 4) is 0 Å². The van der Waals surface area contributed by atoms with Gasteiger partial charge in [0.25, 0.3) is 0 Å². The number of rotatable bonds is 3. The van der Waals surface area contributed by atoms with E-state index in [1.807, 2.05) is 16.9 Å². The highest BCUT2D eigenvalue weighted by Crippen LogP contribution is 2.33. The average molecular weight is 326 g/mol. The Morgan fingerprint density at radius 1 is 1.17 bits per heavy atom. The van der Waals surface area contributed by atoms with Gasteiger partial charge in [-0.25, -0.2) is 0 Å². The van der Waals surface area contributed by atoms with Crippen molar-refractivity contribution in [3.05, 3.63) is 30.0 Å². The number of nitrogens with two attached hydrogens (primary N) is 1. The van der Waals surface area contributed by atoms with E-state index in [0.717, 1.165) is 49.6 Å². The van der Waals surface area contributed by atoms with Gasteiger partial charge in [0.1, 0.15) is 0 Å². The summed E-state index contributed by atoms with van der Waals surface area (Å²) in [5, 5.41) is 5.61. The SMILES string of the molecule is NC(=O)c1ccc2nn(C3CCC(N4CCCC4=O)CC3)cc2c1. The molecule has 24 heavy (non-hydrogen) atoms. The fourth-order valence-corrected chi connectivity index (χ4v) is 4.07. The van der Waals surface area contributed by atoms with Gasteiger partial charge in [-0.2, -0.15) is 5.10 Å². The molecule has 2 N–H and O–H groups in total. The molecule has 2 fully saturated rings. The third-order valence-electron chi connectivity index (χ3n) is 5.40. The van der Waals surface area contributed by atoms with Crippen molar-refractivity contribution in [3.63, 3.8) is 0 Å². The smallest absolute Gasteiger partial charge is 0.248 e. The lowest BCUT2D eigenvalue weighted by molar-refractivity contribution is -0.130. The van der Waals surface area contributed by atoms with Crippen molar-refractivity contribution in [2.45, 2.75) is 50.6 Å². The summed E-state index contributed by atoms with van der Waals surface area (Å²) in [5.41, 5.74) is 6.74. The van der Waals surface area contributed by atoms with Crippen LogP contribution in [0.5, 0.6) is 0 Å². The molecule has 1 aromatic carbocycles. The highest BCUT2D eigenvalue weighted by atomic mass is 16.2. The molecule has 0 bridgehead atoms. The molecule has 0 unspecified atom stereocenters. The fourth-order valence-electron chi connectivity index (χ4n) is 4.07. The molecular weight excluding hydrogens is 304 g/mol. The Morgan fingerprint density at radius 3 is 2.58 bits per heavy atom. The zero-order valence-corrected chi connectivity index (χ0v) is 13.6. The largest absolute Gasteiger partial charge is 0.366 e.